The number of aryl methyl sites for hydroxylation is 1. The van der Waals surface area contributed by atoms with E-state index in [1.54, 1.807) is 24.3 Å². The molecule has 3 N–H and O–H groups in total. The van der Waals surface area contributed by atoms with Gasteiger partial charge in [-0.3, -0.25) is 9.59 Å². The lowest BCUT2D eigenvalue weighted by atomic mass is 10.1. The molecular formula is C21H22N4O2. The summed E-state index contributed by atoms with van der Waals surface area (Å²) in [6.07, 6.45) is 2.22. The van der Waals surface area contributed by atoms with Crippen LogP contribution in [-0.4, -0.2) is 18.4 Å². The van der Waals surface area contributed by atoms with Crippen LogP contribution < -0.4 is 16.0 Å². The molecule has 0 atom stereocenters. The lowest BCUT2D eigenvalue weighted by molar-refractivity contribution is -0.114. The molecule has 27 heavy (non-hydrogen) atoms. The van der Waals surface area contributed by atoms with Gasteiger partial charge in [-0.1, -0.05) is 29.8 Å². The van der Waals surface area contributed by atoms with E-state index in [4.69, 9.17) is 0 Å². The SMILES string of the molecule is CC(=O)Nc1ccc(NC(=O)/C(C#N)=C\NCCc2ccc(C)cc2)cc1. The van der Waals surface area contributed by atoms with Gasteiger partial charge in [-0.25, -0.2) is 0 Å². The van der Waals surface area contributed by atoms with E-state index in [0.29, 0.717) is 17.9 Å². The molecule has 0 aliphatic carbocycles. The van der Waals surface area contributed by atoms with Gasteiger partial charge in [0.2, 0.25) is 5.91 Å². The maximum absolute atomic E-state index is 12.2. The standard InChI is InChI=1S/C21H22N4O2/c1-15-3-5-17(6-4-15)11-12-23-14-18(13-22)21(27)25-20-9-7-19(8-10-20)24-16(2)26/h3-10,14,23H,11-12H2,1-2H3,(H,24,26)(H,25,27)/b18-14-. The fourth-order valence-corrected chi connectivity index (χ4v) is 2.33. The Morgan fingerprint density at radius 1 is 1.00 bits per heavy atom. The minimum atomic E-state index is -0.493. The molecule has 6 heteroatoms. The molecule has 6 nitrogen and oxygen atoms in total. The van der Waals surface area contributed by atoms with Gasteiger partial charge < -0.3 is 16.0 Å². The van der Waals surface area contributed by atoms with Crippen molar-refractivity contribution in [1.82, 2.24) is 5.32 Å². The summed E-state index contributed by atoms with van der Waals surface area (Å²) in [6, 6.07) is 16.8. The molecule has 138 valence electrons. The first-order valence-electron chi connectivity index (χ1n) is 8.56. The number of amides is 2. The summed E-state index contributed by atoms with van der Waals surface area (Å²) in [6.45, 7) is 4.08. The lowest BCUT2D eigenvalue weighted by Gasteiger charge is -2.07. The zero-order chi connectivity index (χ0) is 19.6. The molecule has 0 saturated carbocycles. The number of anilines is 2. The zero-order valence-corrected chi connectivity index (χ0v) is 15.4. The second-order valence-corrected chi connectivity index (χ2v) is 6.07. The molecule has 0 spiro atoms. The highest BCUT2D eigenvalue weighted by Gasteiger charge is 2.09. The Morgan fingerprint density at radius 3 is 2.15 bits per heavy atom. The number of nitrogens with one attached hydrogen (secondary N) is 3. The van der Waals surface area contributed by atoms with Crippen LogP contribution in [0.5, 0.6) is 0 Å². The molecule has 2 rings (SSSR count). The first kappa shape index (κ1) is 19.7. The van der Waals surface area contributed by atoms with Crippen molar-refractivity contribution in [3.63, 3.8) is 0 Å². The van der Waals surface area contributed by atoms with Gasteiger partial charge in [-0.15, -0.1) is 0 Å². The van der Waals surface area contributed by atoms with Crippen LogP contribution in [0.4, 0.5) is 11.4 Å². The monoisotopic (exact) mass is 362 g/mol. The van der Waals surface area contributed by atoms with Gasteiger partial charge in [0, 0.05) is 31.0 Å². The molecule has 2 amide bonds. The van der Waals surface area contributed by atoms with Gasteiger partial charge in [-0.2, -0.15) is 5.26 Å². The number of carbonyl (C=O) groups is 2. The van der Waals surface area contributed by atoms with Crippen molar-refractivity contribution in [3.8, 4) is 6.07 Å². The Bertz CT molecular complexity index is 863. The maximum Gasteiger partial charge on any atom is 0.267 e. The van der Waals surface area contributed by atoms with Gasteiger partial charge in [0.15, 0.2) is 0 Å². The average Bonchev–Trinajstić information content (AvgIpc) is 2.64. The van der Waals surface area contributed by atoms with Gasteiger partial charge >= 0.3 is 0 Å². The number of hydrogen-bond donors (Lipinski definition) is 3. The molecule has 0 heterocycles. The second kappa shape index (κ2) is 9.78. The first-order chi connectivity index (χ1) is 13.0. The van der Waals surface area contributed by atoms with E-state index in [1.807, 2.05) is 13.0 Å². The van der Waals surface area contributed by atoms with Crippen molar-refractivity contribution in [3.05, 3.63) is 71.4 Å². The third-order valence-electron chi connectivity index (χ3n) is 3.75. The molecule has 0 radical (unpaired) electrons. The topological polar surface area (TPSA) is 94.0 Å². The van der Waals surface area contributed by atoms with Crippen molar-refractivity contribution >= 4 is 23.2 Å². The van der Waals surface area contributed by atoms with E-state index < -0.39 is 5.91 Å². The second-order valence-electron chi connectivity index (χ2n) is 6.07. The zero-order valence-electron chi connectivity index (χ0n) is 15.4. The third kappa shape index (κ3) is 6.67. The first-order valence-corrected chi connectivity index (χ1v) is 8.56. The van der Waals surface area contributed by atoms with Crippen molar-refractivity contribution in [2.45, 2.75) is 20.3 Å². The highest BCUT2D eigenvalue weighted by Crippen LogP contribution is 2.14. The van der Waals surface area contributed by atoms with E-state index in [9.17, 15) is 14.9 Å². The van der Waals surface area contributed by atoms with Gasteiger partial charge in [0.25, 0.3) is 5.91 Å². The van der Waals surface area contributed by atoms with Crippen LogP contribution in [0.15, 0.2) is 60.3 Å². The van der Waals surface area contributed by atoms with Crippen molar-refractivity contribution in [2.24, 2.45) is 0 Å². The molecule has 2 aromatic rings. The molecular weight excluding hydrogens is 340 g/mol. The van der Waals surface area contributed by atoms with Crippen LogP contribution in [0.2, 0.25) is 0 Å². The fourth-order valence-electron chi connectivity index (χ4n) is 2.33. The Morgan fingerprint density at radius 2 is 1.59 bits per heavy atom. The number of nitriles is 1. The summed E-state index contributed by atoms with van der Waals surface area (Å²) in [5.74, 6) is -0.661. The molecule has 0 bridgehead atoms. The average molecular weight is 362 g/mol. The number of benzene rings is 2. The Balaban J connectivity index is 1.87. The Kier molecular flexibility index (Phi) is 7.15. The molecule has 2 aromatic carbocycles. The van der Waals surface area contributed by atoms with Gasteiger partial charge in [0.05, 0.1) is 0 Å². The smallest absolute Gasteiger partial charge is 0.267 e. The molecule has 0 aliphatic heterocycles. The third-order valence-corrected chi connectivity index (χ3v) is 3.75. The molecule has 0 fully saturated rings. The Labute approximate surface area is 158 Å². The van der Waals surface area contributed by atoms with Crippen LogP contribution in [0.1, 0.15) is 18.1 Å². The number of carbonyl (C=O) groups excluding carboxylic acids is 2. The number of hydrogen-bond acceptors (Lipinski definition) is 4. The number of rotatable bonds is 7. The van der Waals surface area contributed by atoms with E-state index in [1.165, 1.54) is 24.3 Å². The summed E-state index contributed by atoms with van der Waals surface area (Å²) >= 11 is 0. The maximum atomic E-state index is 12.2. The quantitative estimate of drug-likeness (QED) is 0.401. The van der Waals surface area contributed by atoms with Crippen LogP contribution in [-0.2, 0) is 16.0 Å². The highest BCUT2D eigenvalue weighted by molar-refractivity contribution is 6.06. The Hall–Kier alpha value is -3.59. The molecule has 0 saturated heterocycles. The molecule has 0 aliphatic rings. The number of nitrogens with zero attached hydrogens (tertiary/aromatic N) is 1. The van der Waals surface area contributed by atoms with Crippen molar-refractivity contribution < 1.29 is 9.59 Å². The van der Waals surface area contributed by atoms with Crippen LogP contribution >= 0.6 is 0 Å². The van der Waals surface area contributed by atoms with E-state index in [-0.39, 0.29) is 11.5 Å². The van der Waals surface area contributed by atoms with Crippen LogP contribution in [0, 0.1) is 18.3 Å². The predicted octanol–water partition coefficient (Wildman–Crippen LogP) is 3.13. The van der Waals surface area contributed by atoms with E-state index >= 15 is 0 Å². The van der Waals surface area contributed by atoms with E-state index in [0.717, 1.165) is 6.42 Å². The highest BCUT2D eigenvalue weighted by atomic mass is 16.2. The minimum Gasteiger partial charge on any atom is -0.389 e. The van der Waals surface area contributed by atoms with Crippen LogP contribution in [0.25, 0.3) is 0 Å². The summed E-state index contributed by atoms with van der Waals surface area (Å²) in [5.41, 5.74) is 3.55. The predicted molar refractivity (Wildman–Crippen MR) is 106 cm³/mol. The van der Waals surface area contributed by atoms with Crippen molar-refractivity contribution in [1.29, 1.82) is 5.26 Å². The summed E-state index contributed by atoms with van der Waals surface area (Å²) in [5, 5.41) is 17.5. The fraction of sp³-hybridized carbons (Fsp3) is 0.190. The largest absolute Gasteiger partial charge is 0.389 e. The van der Waals surface area contributed by atoms with Crippen LogP contribution in [0.3, 0.4) is 0 Å². The minimum absolute atomic E-state index is 0.00940. The normalized spacial score (nSPS) is 10.6. The summed E-state index contributed by atoms with van der Waals surface area (Å²) in [4.78, 5) is 23.2. The van der Waals surface area contributed by atoms with Crippen molar-refractivity contribution in [2.75, 3.05) is 17.2 Å². The molecule has 0 aromatic heterocycles. The summed E-state index contributed by atoms with van der Waals surface area (Å²) in [7, 11) is 0. The van der Waals surface area contributed by atoms with E-state index in [2.05, 4.69) is 40.2 Å². The summed E-state index contributed by atoms with van der Waals surface area (Å²) < 4.78 is 0. The lowest BCUT2D eigenvalue weighted by Crippen LogP contribution is -2.18. The van der Waals surface area contributed by atoms with Gasteiger partial charge in [-0.05, 0) is 43.2 Å². The molecule has 0 unspecified atom stereocenters. The van der Waals surface area contributed by atoms with Gasteiger partial charge in [0.1, 0.15) is 11.6 Å².